The summed E-state index contributed by atoms with van der Waals surface area (Å²) in [6, 6.07) is 9.88. The van der Waals surface area contributed by atoms with Crippen molar-refractivity contribution in [2.75, 3.05) is 12.8 Å². The van der Waals surface area contributed by atoms with Crippen LogP contribution in [0.25, 0.3) is 0 Å². The summed E-state index contributed by atoms with van der Waals surface area (Å²) in [7, 11) is 3.62. The van der Waals surface area contributed by atoms with E-state index in [1.807, 2.05) is 38.2 Å². The molecule has 0 unspecified atom stereocenters. The van der Waals surface area contributed by atoms with Gasteiger partial charge in [0, 0.05) is 26.8 Å². The van der Waals surface area contributed by atoms with Gasteiger partial charge in [-0.2, -0.15) is 0 Å². The summed E-state index contributed by atoms with van der Waals surface area (Å²) >= 11 is 0. The number of benzene rings is 1. The number of aryl methyl sites for hydroxylation is 2. The van der Waals surface area contributed by atoms with Crippen molar-refractivity contribution in [3.8, 4) is 0 Å². The number of amides is 1. The van der Waals surface area contributed by atoms with Crippen LogP contribution in [0.3, 0.4) is 0 Å². The molecule has 2 rings (SSSR count). The van der Waals surface area contributed by atoms with Crippen LogP contribution in [0.4, 0.5) is 5.69 Å². The molecule has 19 heavy (non-hydrogen) atoms. The fourth-order valence-electron chi connectivity index (χ4n) is 2.04. The number of aromatic nitrogens is 1. The average Bonchev–Trinajstić information content (AvgIpc) is 2.70. The Morgan fingerprint density at radius 1 is 1.32 bits per heavy atom. The first-order chi connectivity index (χ1) is 8.97. The van der Waals surface area contributed by atoms with Gasteiger partial charge in [0.1, 0.15) is 5.69 Å². The number of carbonyl (C=O) groups is 1. The molecule has 1 aromatic heterocycles. The van der Waals surface area contributed by atoms with Gasteiger partial charge in [-0.25, -0.2) is 0 Å². The van der Waals surface area contributed by atoms with E-state index in [1.54, 1.807) is 28.8 Å². The zero-order chi connectivity index (χ0) is 14.0. The summed E-state index contributed by atoms with van der Waals surface area (Å²) in [6.45, 7) is 2.63. The van der Waals surface area contributed by atoms with Crippen molar-refractivity contribution in [3.63, 3.8) is 0 Å². The largest absolute Gasteiger partial charge is 0.397 e. The van der Waals surface area contributed by atoms with Gasteiger partial charge >= 0.3 is 0 Å². The van der Waals surface area contributed by atoms with Crippen molar-refractivity contribution in [1.29, 1.82) is 0 Å². The van der Waals surface area contributed by atoms with E-state index in [9.17, 15) is 4.79 Å². The molecule has 1 aromatic carbocycles. The Hall–Kier alpha value is -2.23. The van der Waals surface area contributed by atoms with Crippen LogP contribution >= 0.6 is 0 Å². The fourth-order valence-corrected chi connectivity index (χ4v) is 2.04. The van der Waals surface area contributed by atoms with Crippen molar-refractivity contribution >= 4 is 11.6 Å². The van der Waals surface area contributed by atoms with Gasteiger partial charge in [0.15, 0.2) is 0 Å². The summed E-state index contributed by atoms with van der Waals surface area (Å²) in [5.74, 6) is -0.0280. The number of rotatable bonds is 3. The van der Waals surface area contributed by atoms with Gasteiger partial charge in [0.25, 0.3) is 5.91 Å². The Kier molecular flexibility index (Phi) is 3.60. The monoisotopic (exact) mass is 257 g/mol. The van der Waals surface area contributed by atoms with Gasteiger partial charge in [-0.1, -0.05) is 29.8 Å². The van der Waals surface area contributed by atoms with Crippen LogP contribution in [0.2, 0.25) is 0 Å². The minimum atomic E-state index is -0.0280. The lowest BCUT2D eigenvalue weighted by Gasteiger charge is -2.17. The highest BCUT2D eigenvalue weighted by atomic mass is 16.2. The molecule has 0 aliphatic heterocycles. The van der Waals surface area contributed by atoms with E-state index in [-0.39, 0.29) is 5.91 Å². The second-order valence-corrected chi connectivity index (χ2v) is 4.92. The van der Waals surface area contributed by atoms with Crippen LogP contribution in [0.15, 0.2) is 36.5 Å². The smallest absolute Gasteiger partial charge is 0.270 e. The van der Waals surface area contributed by atoms with Crippen molar-refractivity contribution in [2.24, 2.45) is 7.05 Å². The number of anilines is 1. The molecule has 0 radical (unpaired) electrons. The molecule has 2 aromatic rings. The van der Waals surface area contributed by atoms with Gasteiger partial charge in [-0.3, -0.25) is 4.79 Å². The number of nitrogens with two attached hydrogens (primary N) is 1. The standard InChI is InChI=1S/C15H19N3O/c1-11-4-6-12(7-5-11)9-18(3)15(19)14-8-13(16)10-17(14)2/h4-8,10H,9,16H2,1-3H3. The first-order valence-electron chi connectivity index (χ1n) is 6.20. The van der Waals surface area contributed by atoms with E-state index in [1.165, 1.54) is 5.56 Å². The molecule has 0 saturated carbocycles. The van der Waals surface area contributed by atoms with E-state index < -0.39 is 0 Å². The van der Waals surface area contributed by atoms with Crippen LogP contribution in [-0.2, 0) is 13.6 Å². The lowest BCUT2D eigenvalue weighted by Crippen LogP contribution is -2.27. The van der Waals surface area contributed by atoms with E-state index in [2.05, 4.69) is 0 Å². The molecule has 1 amide bonds. The van der Waals surface area contributed by atoms with E-state index in [0.717, 1.165) is 5.56 Å². The molecule has 0 bridgehead atoms. The fraction of sp³-hybridized carbons (Fsp3) is 0.267. The lowest BCUT2D eigenvalue weighted by molar-refractivity contribution is 0.0775. The minimum Gasteiger partial charge on any atom is -0.397 e. The number of hydrogen-bond acceptors (Lipinski definition) is 2. The Balaban J connectivity index is 2.11. The second kappa shape index (κ2) is 5.18. The van der Waals surface area contributed by atoms with E-state index in [4.69, 9.17) is 5.73 Å². The van der Waals surface area contributed by atoms with E-state index >= 15 is 0 Å². The first-order valence-corrected chi connectivity index (χ1v) is 6.20. The van der Waals surface area contributed by atoms with Gasteiger partial charge in [0.05, 0.1) is 5.69 Å². The van der Waals surface area contributed by atoms with Gasteiger partial charge in [0.2, 0.25) is 0 Å². The van der Waals surface area contributed by atoms with Crippen molar-refractivity contribution in [3.05, 3.63) is 53.3 Å². The second-order valence-electron chi connectivity index (χ2n) is 4.92. The normalized spacial score (nSPS) is 10.5. The number of hydrogen-bond donors (Lipinski definition) is 1. The number of carbonyl (C=O) groups excluding carboxylic acids is 1. The highest BCUT2D eigenvalue weighted by molar-refractivity contribution is 5.93. The summed E-state index contributed by atoms with van der Waals surface area (Å²) < 4.78 is 1.75. The number of nitrogens with zero attached hydrogens (tertiary/aromatic N) is 2. The minimum absolute atomic E-state index is 0.0280. The van der Waals surface area contributed by atoms with Crippen LogP contribution in [-0.4, -0.2) is 22.4 Å². The highest BCUT2D eigenvalue weighted by Gasteiger charge is 2.15. The number of nitrogen functional groups attached to an aromatic ring is 1. The highest BCUT2D eigenvalue weighted by Crippen LogP contribution is 2.13. The Bertz CT molecular complexity index is 584. The molecule has 0 fully saturated rings. The summed E-state index contributed by atoms with van der Waals surface area (Å²) in [5.41, 5.74) is 9.24. The maximum Gasteiger partial charge on any atom is 0.270 e. The predicted molar refractivity (Wildman–Crippen MR) is 76.8 cm³/mol. The molecule has 0 atom stereocenters. The van der Waals surface area contributed by atoms with Crippen LogP contribution < -0.4 is 5.73 Å². The Labute approximate surface area is 113 Å². The molecule has 100 valence electrons. The first kappa shape index (κ1) is 13.2. The van der Waals surface area contributed by atoms with Gasteiger partial charge < -0.3 is 15.2 Å². The zero-order valence-electron chi connectivity index (χ0n) is 11.6. The third-order valence-corrected chi connectivity index (χ3v) is 3.13. The maximum atomic E-state index is 12.3. The average molecular weight is 257 g/mol. The molecule has 1 heterocycles. The van der Waals surface area contributed by atoms with Gasteiger partial charge in [-0.15, -0.1) is 0 Å². The molecular weight excluding hydrogens is 238 g/mol. The van der Waals surface area contributed by atoms with Crippen molar-refractivity contribution in [2.45, 2.75) is 13.5 Å². The molecule has 4 heteroatoms. The summed E-state index contributed by atoms with van der Waals surface area (Å²) in [6.07, 6.45) is 1.74. The molecule has 2 N–H and O–H groups in total. The zero-order valence-corrected chi connectivity index (χ0v) is 11.6. The molecule has 4 nitrogen and oxygen atoms in total. The van der Waals surface area contributed by atoms with Crippen LogP contribution in [0.1, 0.15) is 21.6 Å². The molecular formula is C15H19N3O. The third-order valence-electron chi connectivity index (χ3n) is 3.13. The molecule has 0 spiro atoms. The van der Waals surface area contributed by atoms with Crippen molar-refractivity contribution in [1.82, 2.24) is 9.47 Å². The Morgan fingerprint density at radius 3 is 2.47 bits per heavy atom. The molecule has 0 aliphatic rings. The lowest BCUT2D eigenvalue weighted by atomic mass is 10.1. The quantitative estimate of drug-likeness (QED) is 0.916. The predicted octanol–water partition coefficient (Wildman–Crippen LogP) is 2.19. The summed E-state index contributed by atoms with van der Waals surface area (Å²) in [4.78, 5) is 14.0. The molecule has 0 aliphatic carbocycles. The summed E-state index contributed by atoms with van der Waals surface area (Å²) in [5, 5.41) is 0. The van der Waals surface area contributed by atoms with Crippen LogP contribution in [0.5, 0.6) is 0 Å². The Morgan fingerprint density at radius 2 is 1.95 bits per heavy atom. The van der Waals surface area contributed by atoms with Gasteiger partial charge in [-0.05, 0) is 18.6 Å². The third kappa shape index (κ3) is 2.96. The topological polar surface area (TPSA) is 51.3 Å². The van der Waals surface area contributed by atoms with E-state index in [0.29, 0.717) is 17.9 Å². The maximum absolute atomic E-state index is 12.3. The SMILES string of the molecule is Cc1ccc(CN(C)C(=O)c2cc(N)cn2C)cc1. The molecule has 0 saturated heterocycles. The van der Waals surface area contributed by atoms with Crippen LogP contribution in [0, 0.1) is 6.92 Å². The van der Waals surface area contributed by atoms with Crippen molar-refractivity contribution < 1.29 is 4.79 Å².